The first-order chi connectivity index (χ1) is 26.5. The normalized spacial score (nSPS) is 12.8. The predicted molar refractivity (Wildman–Crippen MR) is 219 cm³/mol. The lowest BCUT2D eigenvalue weighted by atomic mass is 9.81. The van der Waals surface area contributed by atoms with Crippen LogP contribution in [0.1, 0.15) is 25.0 Å². The highest BCUT2D eigenvalue weighted by atomic mass is 15.0. The molecule has 5 heteroatoms. The van der Waals surface area contributed by atoms with Crippen LogP contribution in [-0.2, 0) is 5.41 Å². The van der Waals surface area contributed by atoms with E-state index >= 15 is 0 Å². The Bertz CT molecular complexity index is 2760. The van der Waals surface area contributed by atoms with E-state index in [9.17, 15) is 0 Å². The van der Waals surface area contributed by atoms with E-state index in [4.69, 9.17) is 19.9 Å². The van der Waals surface area contributed by atoms with Crippen molar-refractivity contribution in [1.29, 1.82) is 0 Å². The van der Waals surface area contributed by atoms with Crippen molar-refractivity contribution in [2.24, 2.45) is 0 Å². The van der Waals surface area contributed by atoms with Gasteiger partial charge < -0.3 is 4.40 Å². The molecule has 0 radical (unpaired) electrons. The Morgan fingerprint density at radius 1 is 0.389 bits per heavy atom. The quantitative estimate of drug-likeness (QED) is 0.174. The number of benzene rings is 6. The molecule has 256 valence electrons. The van der Waals surface area contributed by atoms with Gasteiger partial charge >= 0.3 is 0 Å². The van der Waals surface area contributed by atoms with E-state index in [1.54, 1.807) is 0 Å². The van der Waals surface area contributed by atoms with Gasteiger partial charge in [0.25, 0.3) is 0 Å². The SMILES string of the molecule is CC1(C)c2cc(-c3cccc(-c4cccc(-c5nc(-c6ccccc6)nc(-c6ccccc6)n5)c4)c3)ccc2-c2ccc(-c3cn4ccccc4n3)cc21. The minimum absolute atomic E-state index is 0.163. The van der Waals surface area contributed by atoms with E-state index in [2.05, 4.69) is 109 Å². The van der Waals surface area contributed by atoms with E-state index in [-0.39, 0.29) is 5.41 Å². The minimum Gasteiger partial charge on any atom is -0.306 e. The molecule has 0 saturated carbocycles. The van der Waals surface area contributed by atoms with Gasteiger partial charge in [-0.2, -0.15) is 0 Å². The van der Waals surface area contributed by atoms with Gasteiger partial charge in [-0.25, -0.2) is 19.9 Å². The molecule has 0 bridgehead atoms. The molecular weight excluding hydrogens is 659 g/mol. The lowest BCUT2D eigenvalue weighted by molar-refractivity contribution is 0.661. The molecule has 6 aromatic carbocycles. The largest absolute Gasteiger partial charge is 0.306 e. The van der Waals surface area contributed by atoms with Crippen molar-refractivity contribution in [2.45, 2.75) is 19.3 Å². The lowest BCUT2D eigenvalue weighted by Gasteiger charge is -2.22. The molecule has 1 aliphatic carbocycles. The van der Waals surface area contributed by atoms with Crippen LogP contribution in [0.4, 0.5) is 0 Å². The Morgan fingerprint density at radius 3 is 1.44 bits per heavy atom. The average Bonchev–Trinajstić information content (AvgIpc) is 3.77. The smallest absolute Gasteiger partial charge is 0.164 e. The van der Waals surface area contributed by atoms with E-state index in [0.29, 0.717) is 17.5 Å². The maximum Gasteiger partial charge on any atom is 0.164 e. The Kier molecular flexibility index (Phi) is 7.41. The first-order valence-electron chi connectivity index (χ1n) is 18.3. The van der Waals surface area contributed by atoms with Crippen LogP contribution < -0.4 is 0 Å². The lowest BCUT2D eigenvalue weighted by Crippen LogP contribution is -2.15. The Balaban J connectivity index is 0.989. The molecule has 0 N–H and O–H groups in total. The summed E-state index contributed by atoms with van der Waals surface area (Å²) in [5.74, 6) is 1.95. The topological polar surface area (TPSA) is 56.0 Å². The molecule has 54 heavy (non-hydrogen) atoms. The molecule has 0 unspecified atom stereocenters. The highest BCUT2D eigenvalue weighted by Crippen LogP contribution is 2.50. The predicted octanol–water partition coefficient (Wildman–Crippen LogP) is 11.8. The fourth-order valence-corrected chi connectivity index (χ4v) is 7.80. The summed E-state index contributed by atoms with van der Waals surface area (Å²) in [7, 11) is 0. The van der Waals surface area contributed by atoms with Crippen LogP contribution in [0.15, 0.2) is 176 Å². The number of imidazole rings is 1. The number of fused-ring (bicyclic) bond motifs is 4. The summed E-state index contributed by atoms with van der Waals surface area (Å²) in [6, 6.07) is 57.4. The second kappa shape index (κ2) is 12.6. The summed E-state index contributed by atoms with van der Waals surface area (Å²) in [6.45, 7) is 4.68. The molecule has 0 atom stereocenters. The van der Waals surface area contributed by atoms with Crippen LogP contribution in [-0.4, -0.2) is 24.3 Å². The molecule has 0 fully saturated rings. The number of aromatic nitrogens is 5. The third kappa shape index (κ3) is 5.49. The standard InChI is InChI=1S/C49H35N5/c1-49(2)42-29-37(22-24-40(42)41-25-23-38(30-43(41)49)44-31-54-26-10-9-21-45(54)50-44)35-18-11-17-34(27-35)36-19-12-20-39(28-36)48-52-46(32-13-5-3-6-14-32)51-47(53-48)33-15-7-4-8-16-33/h3-31H,1-2H3. The van der Waals surface area contributed by atoms with Gasteiger partial charge in [-0.3, -0.25) is 0 Å². The van der Waals surface area contributed by atoms with Crippen molar-refractivity contribution in [1.82, 2.24) is 24.3 Å². The minimum atomic E-state index is -0.163. The van der Waals surface area contributed by atoms with Crippen LogP contribution >= 0.6 is 0 Å². The number of pyridine rings is 1. The highest BCUT2D eigenvalue weighted by Gasteiger charge is 2.36. The molecule has 0 amide bonds. The fourth-order valence-electron chi connectivity index (χ4n) is 7.80. The fraction of sp³-hybridized carbons (Fsp3) is 0.0612. The molecule has 0 spiro atoms. The van der Waals surface area contributed by atoms with Crippen LogP contribution in [0.2, 0.25) is 0 Å². The highest BCUT2D eigenvalue weighted by molar-refractivity contribution is 5.86. The van der Waals surface area contributed by atoms with Gasteiger partial charge in [0.15, 0.2) is 17.5 Å². The molecule has 5 nitrogen and oxygen atoms in total. The van der Waals surface area contributed by atoms with Crippen LogP contribution in [0.25, 0.3) is 84.4 Å². The molecule has 9 aromatic rings. The summed E-state index contributed by atoms with van der Waals surface area (Å²) in [5, 5.41) is 0. The molecule has 0 aliphatic heterocycles. The van der Waals surface area contributed by atoms with Gasteiger partial charge in [-0.1, -0.05) is 141 Å². The summed E-state index contributed by atoms with van der Waals surface area (Å²) >= 11 is 0. The van der Waals surface area contributed by atoms with Crippen molar-refractivity contribution in [2.75, 3.05) is 0 Å². The Labute approximate surface area is 314 Å². The van der Waals surface area contributed by atoms with Crippen molar-refractivity contribution >= 4 is 5.65 Å². The van der Waals surface area contributed by atoms with Gasteiger partial charge in [-0.05, 0) is 80.9 Å². The second-order valence-corrected chi connectivity index (χ2v) is 14.4. The van der Waals surface area contributed by atoms with Gasteiger partial charge in [0.2, 0.25) is 0 Å². The van der Waals surface area contributed by atoms with E-state index in [1.165, 1.54) is 33.4 Å². The maximum absolute atomic E-state index is 4.97. The zero-order valence-corrected chi connectivity index (χ0v) is 30.0. The van der Waals surface area contributed by atoms with E-state index in [1.807, 2.05) is 85.1 Å². The first kappa shape index (κ1) is 31.7. The zero-order valence-electron chi connectivity index (χ0n) is 30.0. The van der Waals surface area contributed by atoms with Gasteiger partial charge in [0.05, 0.1) is 5.69 Å². The third-order valence-corrected chi connectivity index (χ3v) is 10.7. The molecule has 0 saturated heterocycles. The average molecular weight is 694 g/mol. The summed E-state index contributed by atoms with van der Waals surface area (Å²) < 4.78 is 2.08. The third-order valence-electron chi connectivity index (χ3n) is 10.7. The second-order valence-electron chi connectivity index (χ2n) is 14.4. The van der Waals surface area contributed by atoms with Crippen molar-refractivity contribution in [3.05, 3.63) is 187 Å². The van der Waals surface area contributed by atoms with Crippen molar-refractivity contribution < 1.29 is 0 Å². The first-order valence-corrected chi connectivity index (χ1v) is 18.3. The van der Waals surface area contributed by atoms with Gasteiger partial charge in [0.1, 0.15) is 5.65 Å². The van der Waals surface area contributed by atoms with Crippen molar-refractivity contribution in [3.63, 3.8) is 0 Å². The number of rotatable bonds is 6. The molecule has 10 rings (SSSR count). The number of hydrogen-bond acceptors (Lipinski definition) is 4. The van der Waals surface area contributed by atoms with Crippen LogP contribution in [0.3, 0.4) is 0 Å². The maximum atomic E-state index is 4.97. The summed E-state index contributed by atoms with van der Waals surface area (Å²) in [6.07, 6.45) is 4.16. The number of hydrogen-bond donors (Lipinski definition) is 0. The monoisotopic (exact) mass is 693 g/mol. The molecule has 3 aromatic heterocycles. The Morgan fingerprint density at radius 2 is 0.852 bits per heavy atom. The van der Waals surface area contributed by atoms with Crippen LogP contribution in [0.5, 0.6) is 0 Å². The van der Waals surface area contributed by atoms with Crippen molar-refractivity contribution in [3.8, 4) is 78.8 Å². The number of nitrogens with zero attached hydrogens (tertiary/aromatic N) is 5. The summed E-state index contributed by atoms with van der Waals surface area (Å²) in [5.41, 5.74) is 15.6. The van der Waals surface area contributed by atoms with Crippen LogP contribution in [0, 0.1) is 0 Å². The Hall–Kier alpha value is -6.98. The van der Waals surface area contributed by atoms with E-state index < -0.39 is 0 Å². The van der Waals surface area contributed by atoms with E-state index in [0.717, 1.165) is 44.7 Å². The molecule has 1 aliphatic rings. The van der Waals surface area contributed by atoms with Gasteiger partial charge in [0, 0.05) is 40.1 Å². The van der Waals surface area contributed by atoms with Gasteiger partial charge in [-0.15, -0.1) is 0 Å². The summed E-state index contributed by atoms with van der Waals surface area (Å²) in [4.78, 5) is 19.7. The zero-order chi connectivity index (χ0) is 36.2. The molecular formula is C49H35N5. The molecule has 3 heterocycles.